The Bertz CT molecular complexity index is 854. The van der Waals surface area contributed by atoms with E-state index in [1.807, 2.05) is 18.2 Å². The molecule has 0 spiro atoms. The minimum atomic E-state index is -0.193. The van der Waals surface area contributed by atoms with Crippen LogP contribution >= 0.6 is 23.2 Å². The summed E-state index contributed by atoms with van der Waals surface area (Å²) in [6.07, 6.45) is 5.91. The molecule has 0 N–H and O–H groups in total. The average Bonchev–Trinajstić information content (AvgIpc) is 3.43. The third-order valence-corrected chi connectivity index (χ3v) is 7.65. The highest BCUT2D eigenvalue weighted by molar-refractivity contribution is 6.42. The van der Waals surface area contributed by atoms with Gasteiger partial charge in [-0.3, -0.25) is 19.3 Å². The largest absolute Gasteiger partial charge is 0.369 e. The lowest BCUT2D eigenvalue weighted by molar-refractivity contribution is -0.190. The van der Waals surface area contributed by atoms with Gasteiger partial charge >= 0.3 is 0 Å². The lowest BCUT2D eigenvalue weighted by Crippen LogP contribution is -2.46. The second-order valence-electron chi connectivity index (χ2n) is 8.58. The summed E-state index contributed by atoms with van der Waals surface area (Å²) in [5.41, 5.74) is 1.09. The summed E-state index contributed by atoms with van der Waals surface area (Å²) in [4.78, 5) is 35.5. The number of hydrogen-bond acceptors (Lipinski definition) is 5. The van der Waals surface area contributed by atoms with Crippen LogP contribution in [-0.2, 0) is 14.4 Å². The summed E-state index contributed by atoms with van der Waals surface area (Å²) in [7, 11) is 0. The van der Waals surface area contributed by atoms with Gasteiger partial charge in [0.15, 0.2) is 0 Å². The molecular weight excluding hydrogens is 425 g/mol. The first-order chi connectivity index (χ1) is 14.5. The van der Waals surface area contributed by atoms with Crippen molar-refractivity contribution in [2.24, 2.45) is 23.7 Å². The molecule has 1 aromatic carbocycles. The molecule has 6 nitrogen and oxygen atoms in total. The number of carbonyl (C=O) groups is 2. The predicted molar refractivity (Wildman–Crippen MR) is 115 cm³/mol. The van der Waals surface area contributed by atoms with E-state index in [1.54, 1.807) is 0 Å². The van der Waals surface area contributed by atoms with Crippen LogP contribution in [0.3, 0.4) is 0 Å². The van der Waals surface area contributed by atoms with Crippen molar-refractivity contribution < 1.29 is 14.4 Å². The van der Waals surface area contributed by atoms with E-state index in [0.29, 0.717) is 16.7 Å². The Morgan fingerprint density at radius 2 is 1.60 bits per heavy atom. The number of benzene rings is 1. The number of amides is 2. The Morgan fingerprint density at radius 1 is 0.933 bits per heavy atom. The van der Waals surface area contributed by atoms with Gasteiger partial charge in [0.05, 0.1) is 28.5 Å². The summed E-state index contributed by atoms with van der Waals surface area (Å²) < 4.78 is 0. The Hall–Kier alpha value is -1.60. The molecule has 2 aliphatic heterocycles. The van der Waals surface area contributed by atoms with E-state index in [9.17, 15) is 9.59 Å². The lowest BCUT2D eigenvalue weighted by atomic mass is 9.85. The monoisotopic (exact) mass is 449 g/mol. The van der Waals surface area contributed by atoms with Crippen molar-refractivity contribution in [3.8, 4) is 0 Å². The van der Waals surface area contributed by atoms with Gasteiger partial charge in [-0.05, 0) is 42.9 Å². The molecule has 0 aromatic heterocycles. The fourth-order valence-corrected chi connectivity index (χ4v) is 5.65. The van der Waals surface area contributed by atoms with Crippen LogP contribution in [0.4, 0.5) is 5.69 Å². The highest BCUT2D eigenvalue weighted by atomic mass is 35.5. The minimum Gasteiger partial charge on any atom is -0.369 e. The van der Waals surface area contributed by atoms with Crippen LogP contribution in [0.1, 0.15) is 12.8 Å². The molecule has 5 rings (SSSR count). The summed E-state index contributed by atoms with van der Waals surface area (Å²) in [5, 5.41) is 2.21. The van der Waals surface area contributed by atoms with E-state index in [4.69, 9.17) is 28.0 Å². The smallest absolute Gasteiger partial charge is 0.258 e. The quantitative estimate of drug-likeness (QED) is 0.379. The lowest BCUT2D eigenvalue weighted by Gasteiger charge is -2.36. The van der Waals surface area contributed by atoms with Gasteiger partial charge in [-0.1, -0.05) is 35.4 Å². The molecule has 2 amide bonds. The molecule has 2 heterocycles. The van der Waals surface area contributed by atoms with E-state index in [-0.39, 0.29) is 35.5 Å². The van der Waals surface area contributed by atoms with Gasteiger partial charge in [-0.15, -0.1) is 0 Å². The van der Waals surface area contributed by atoms with Crippen LogP contribution in [0.5, 0.6) is 0 Å². The molecule has 2 saturated heterocycles. The van der Waals surface area contributed by atoms with Crippen molar-refractivity contribution >= 4 is 40.7 Å². The molecule has 2 aliphatic carbocycles. The normalized spacial score (nSPS) is 30.6. The molecule has 160 valence electrons. The highest BCUT2D eigenvalue weighted by Gasteiger charge is 2.60. The number of rotatable bonds is 6. The molecule has 4 atom stereocenters. The van der Waals surface area contributed by atoms with Crippen LogP contribution in [-0.4, -0.2) is 61.1 Å². The van der Waals surface area contributed by atoms with E-state index in [2.05, 4.69) is 22.0 Å². The average molecular weight is 450 g/mol. The maximum atomic E-state index is 12.6. The molecule has 2 bridgehead atoms. The van der Waals surface area contributed by atoms with Crippen molar-refractivity contribution in [3.63, 3.8) is 0 Å². The maximum Gasteiger partial charge on any atom is 0.258 e. The number of nitrogens with zero attached hydrogens (tertiary/aromatic N) is 3. The van der Waals surface area contributed by atoms with Crippen molar-refractivity contribution in [2.45, 2.75) is 12.8 Å². The number of anilines is 1. The number of fused-ring (bicyclic) bond motifs is 5. The number of imide groups is 1. The first-order valence-electron chi connectivity index (χ1n) is 10.6. The Kier molecular flexibility index (Phi) is 5.52. The molecular formula is C22H25Cl2N3O3. The number of piperazine rings is 1. The number of hydroxylamine groups is 2. The van der Waals surface area contributed by atoms with E-state index in [1.165, 1.54) is 0 Å². The molecule has 1 aromatic rings. The van der Waals surface area contributed by atoms with E-state index >= 15 is 0 Å². The van der Waals surface area contributed by atoms with Crippen LogP contribution in [0.15, 0.2) is 30.4 Å². The Balaban J connectivity index is 1.05. The molecule has 1 saturated carbocycles. The van der Waals surface area contributed by atoms with Gasteiger partial charge in [0.2, 0.25) is 0 Å². The highest BCUT2D eigenvalue weighted by Crippen LogP contribution is 2.52. The summed E-state index contributed by atoms with van der Waals surface area (Å²) in [6, 6.07) is 5.74. The van der Waals surface area contributed by atoms with Crippen LogP contribution in [0.2, 0.25) is 10.0 Å². The molecule has 4 aliphatic rings. The second-order valence-corrected chi connectivity index (χ2v) is 9.40. The van der Waals surface area contributed by atoms with Crippen molar-refractivity contribution in [2.75, 3.05) is 44.2 Å². The van der Waals surface area contributed by atoms with Crippen molar-refractivity contribution in [1.29, 1.82) is 0 Å². The summed E-state index contributed by atoms with van der Waals surface area (Å²) in [5.74, 6) is -0.230. The van der Waals surface area contributed by atoms with E-state index < -0.39 is 0 Å². The zero-order valence-corrected chi connectivity index (χ0v) is 18.2. The van der Waals surface area contributed by atoms with Gasteiger partial charge in [-0.2, -0.15) is 5.06 Å². The minimum absolute atomic E-state index is 0.142. The molecule has 0 radical (unpaired) electrons. The zero-order valence-electron chi connectivity index (χ0n) is 16.7. The topological polar surface area (TPSA) is 53.1 Å². The number of allylic oxidation sites excluding steroid dienone is 2. The van der Waals surface area contributed by atoms with Crippen molar-refractivity contribution in [1.82, 2.24) is 9.96 Å². The number of carbonyl (C=O) groups excluding carboxylic acids is 2. The van der Waals surface area contributed by atoms with Gasteiger partial charge < -0.3 is 4.90 Å². The standard InChI is InChI=1S/C22H25Cl2N3O3/c23-17-5-4-16(13-18(17)24)26-9-7-25(8-10-26)6-1-11-30-27-21(28)19-14-2-3-15(12-14)20(19)22(27)29/h2-5,13-15,19-20H,1,6-12H2. The molecule has 3 fully saturated rings. The summed E-state index contributed by atoms with van der Waals surface area (Å²) >= 11 is 12.1. The zero-order chi connectivity index (χ0) is 20.8. The van der Waals surface area contributed by atoms with Crippen LogP contribution in [0, 0.1) is 23.7 Å². The van der Waals surface area contributed by atoms with Crippen molar-refractivity contribution in [3.05, 3.63) is 40.4 Å². The SMILES string of the molecule is O=C1C2C3C=CC(C3)C2C(=O)N1OCCCN1CCN(c2ccc(Cl)c(Cl)c2)CC1. The number of halogens is 2. The fraction of sp³-hybridized carbons (Fsp3) is 0.545. The van der Waals surface area contributed by atoms with E-state index in [0.717, 1.165) is 56.3 Å². The molecule has 4 unspecified atom stereocenters. The Labute approximate surface area is 186 Å². The van der Waals surface area contributed by atoms with Gasteiger partial charge in [-0.25, -0.2) is 0 Å². The second kappa shape index (κ2) is 8.15. The van der Waals surface area contributed by atoms with Gasteiger partial charge in [0, 0.05) is 38.4 Å². The van der Waals surface area contributed by atoms with Gasteiger partial charge in [0.25, 0.3) is 11.8 Å². The summed E-state index contributed by atoms with van der Waals surface area (Å²) in [6.45, 7) is 4.99. The first kappa shape index (κ1) is 20.3. The first-order valence-corrected chi connectivity index (χ1v) is 11.4. The van der Waals surface area contributed by atoms with Gasteiger partial charge in [0.1, 0.15) is 0 Å². The molecule has 30 heavy (non-hydrogen) atoms. The fourth-order valence-electron chi connectivity index (χ4n) is 5.36. The third-order valence-electron chi connectivity index (χ3n) is 6.91. The number of hydrogen-bond donors (Lipinski definition) is 0. The van der Waals surface area contributed by atoms with Crippen LogP contribution < -0.4 is 4.90 Å². The predicted octanol–water partition coefficient (Wildman–Crippen LogP) is 3.24. The Morgan fingerprint density at radius 3 is 2.23 bits per heavy atom. The maximum absolute atomic E-state index is 12.6. The third kappa shape index (κ3) is 3.54. The molecule has 8 heteroatoms. The van der Waals surface area contributed by atoms with Crippen LogP contribution in [0.25, 0.3) is 0 Å².